The lowest BCUT2D eigenvalue weighted by molar-refractivity contribution is -0.139. The van der Waals surface area contributed by atoms with E-state index in [0.717, 1.165) is 16.3 Å². The fraction of sp³-hybridized carbons (Fsp3) is 0.200. The molecule has 2 aromatic carbocycles. The molecule has 0 fully saturated rings. The van der Waals surface area contributed by atoms with Gasteiger partial charge in [0, 0.05) is 10.9 Å². The zero-order valence-electron chi connectivity index (χ0n) is 10.8. The lowest BCUT2D eigenvalue weighted by Gasteiger charge is -2.12. The molecule has 0 heterocycles. The molecule has 19 heavy (non-hydrogen) atoms. The summed E-state index contributed by atoms with van der Waals surface area (Å²) in [6.45, 7) is 3.03. The molecule has 4 heteroatoms. The predicted molar refractivity (Wildman–Crippen MR) is 71.8 cm³/mol. The van der Waals surface area contributed by atoms with Crippen LogP contribution in [0.25, 0.3) is 10.8 Å². The van der Waals surface area contributed by atoms with Crippen molar-refractivity contribution < 1.29 is 19.4 Å². The summed E-state index contributed by atoms with van der Waals surface area (Å²) in [7, 11) is 0. The monoisotopic (exact) mass is 258 g/mol. The van der Waals surface area contributed by atoms with Crippen LogP contribution in [-0.4, -0.2) is 23.5 Å². The van der Waals surface area contributed by atoms with Crippen LogP contribution in [0.1, 0.15) is 22.8 Å². The Hall–Kier alpha value is -2.36. The lowest BCUT2D eigenvalue weighted by atomic mass is 9.97. The third-order valence-corrected chi connectivity index (χ3v) is 2.94. The van der Waals surface area contributed by atoms with Crippen LogP contribution in [0.15, 0.2) is 30.3 Å². The third kappa shape index (κ3) is 2.57. The Balaban J connectivity index is 2.63. The molecule has 0 saturated heterocycles. The molecule has 0 radical (unpaired) electrons. The van der Waals surface area contributed by atoms with Gasteiger partial charge in [-0.05, 0) is 30.9 Å². The second-order valence-electron chi connectivity index (χ2n) is 4.35. The van der Waals surface area contributed by atoms with Crippen molar-refractivity contribution in [3.63, 3.8) is 0 Å². The number of carboxylic acid groups (broad SMARTS) is 1. The number of aryl methyl sites for hydroxylation is 1. The molecule has 0 atom stereocenters. The van der Waals surface area contributed by atoms with E-state index < -0.39 is 12.6 Å². The van der Waals surface area contributed by atoms with Gasteiger partial charge in [0.05, 0.1) is 0 Å². The van der Waals surface area contributed by atoms with E-state index in [9.17, 15) is 9.59 Å². The Morgan fingerprint density at radius 3 is 2.58 bits per heavy atom. The molecule has 0 amide bonds. The molecule has 98 valence electrons. The van der Waals surface area contributed by atoms with E-state index >= 15 is 0 Å². The summed E-state index contributed by atoms with van der Waals surface area (Å²) in [5.41, 5.74) is 1.58. The third-order valence-electron chi connectivity index (χ3n) is 2.94. The highest BCUT2D eigenvalue weighted by atomic mass is 16.5. The van der Waals surface area contributed by atoms with Gasteiger partial charge in [-0.3, -0.25) is 4.79 Å². The molecule has 0 spiro atoms. The van der Waals surface area contributed by atoms with Gasteiger partial charge < -0.3 is 9.84 Å². The van der Waals surface area contributed by atoms with Gasteiger partial charge in [0.15, 0.2) is 12.4 Å². The minimum absolute atomic E-state index is 0.0240. The molecule has 4 nitrogen and oxygen atoms in total. The topological polar surface area (TPSA) is 63.6 Å². The van der Waals surface area contributed by atoms with Crippen LogP contribution in [0, 0.1) is 6.92 Å². The lowest BCUT2D eigenvalue weighted by Crippen LogP contribution is -2.09. The molecular weight excluding hydrogens is 244 g/mol. The van der Waals surface area contributed by atoms with Gasteiger partial charge in [-0.2, -0.15) is 0 Å². The fourth-order valence-electron chi connectivity index (χ4n) is 2.12. The highest BCUT2D eigenvalue weighted by Gasteiger charge is 2.12. The van der Waals surface area contributed by atoms with Gasteiger partial charge in [-0.1, -0.05) is 24.3 Å². The first-order chi connectivity index (χ1) is 9.00. The number of hydrogen-bond acceptors (Lipinski definition) is 3. The highest BCUT2D eigenvalue weighted by molar-refractivity contribution is 6.09. The number of Topliss-reactive ketones (excluding diaryl/α,β-unsaturated/α-hetero) is 1. The Kier molecular flexibility index (Phi) is 3.51. The number of rotatable bonds is 4. The van der Waals surface area contributed by atoms with Crippen LogP contribution in [-0.2, 0) is 4.79 Å². The van der Waals surface area contributed by atoms with Crippen molar-refractivity contribution >= 4 is 22.5 Å². The van der Waals surface area contributed by atoms with Crippen molar-refractivity contribution in [3.8, 4) is 5.75 Å². The van der Waals surface area contributed by atoms with Crippen LogP contribution in [0.2, 0.25) is 0 Å². The minimum Gasteiger partial charge on any atom is -0.481 e. The zero-order chi connectivity index (χ0) is 14.0. The number of carboxylic acids is 1. The molecule has 0 aromatic heterocycles. The summed E-state index contributed by atoms with van der Waals surface area (Å²) in [5.74, 6) is -0.577. The summed E-state index contributed by atoms with van der Waals surface area (Å²) >= 11 is 0. The number of ether oxygens (including phenoxy) is 1. The van der Waals surface area contributed by atoms with Crippen LogP contribution < -0.4 is 4.74 Å². The summed E-state index contributed by atoms with van der Waals surface area (Å²) in [6, 6.07) is 8.91. The quantitative estimate of drug-likeness (QED) is 0.856. The van der Waals surface area contributed by atoms with Crippen LogP contribution >= 0.6 is 0 Å². The van der Waals surface area contributed by atoms with Gasteiger partial charge in [-0.25, -0.2) is 4.79 Å². The number of hydrogen-bond donors (Lipinski definition) is 1. The van der Waals surface area contributed by atoms with E-state index in [4.69, 9.17) is 9.84 Å². The second kappa shape index (κ2) is 5.10. The molecule has 1 N–H and O–H groups in total. The number of benzene rings is 2. The van der Waals surface area contributed by atoms with Crippen molar-refractivity contribution in [2.24, 2.45) is 0 Å². The first-order valence-corrected chi connectivity index (χ1v) is 5.88. The van der Waals surface area contributed by atoms with Gasteiger partial charge in [0.2, 0.25) is 0 Å². The van der Waals surface area contributed by atoms with Gasteiger partial charge >= 0.3 is 5.97 Å². The molecule has 2 rings (SSSR count). The normalized spacial score (nSPS) is 10.4. The van der Waals surface area contributed by atoms with Crippen LogP contribution in [0.3, 0.4) is 0 Å². The van der Waals surface area contributed by atoms with Gasteiger partial charge in [0.25, 0.3) is 0 Å². The molecule has 0 aliphatic carbocycles. The van der Waals surface area contributed by atoms with E-state index in [-0.39, 0.29) is 5.78 Å². The zero-order valence-corrected chi connectivity index (χ0v) is 10.8. The molecule has 2 aromatic rings. The summed E-state index contributed by atoms with van der Waals surface area (Å²) in [5, 5.41) is 10.2. The van der Waals surface area contributed by atoms with Crippen LogP contribution in [0.5, 0.6) is 5.75 Å². The molecular formula is C15H14O4. The molecule has 0 aliphatic heterocycles. The Bertz CT molecular complexity index is 658. The van der Waals surface area contributed by atoms with Gasteiger partial charge in [-0.15, -0.1) is 0 Å². The van der Waals surface area contributed by atoms with Gasteiger partial charge in [0.1, 0.15) is 5.75 Å². The SMILES string of the molecule is CC(=O)c1cccc2c(OCC(=O)O)ccc(C)c12. The standard InChI is InChI=1S/C15H14O4/c1-9-6-7-13(19-8-14(17)18)12-5-3-4-11(10(2)16)15(9)12/h3-7H,8H2,1-2H3,(H,17,18). The highest BCUT2D eigenvalue weighted by Crippen LogP contribution is 2.31. The number of carbonyl (C=O) groups is 2. The molecule has 0 bridgehead atoms. The Labute approximate surface area is 110 Å². The van der Waals surface area contributed by atoms with Crippen molar-refractivity contribution in [3.05, 3.63) is 41.5 Å². The first kappa shape index (κ1) is 13.1. The maximum absolute atomic E-state index is 11.7. The largest absolute Gasteiger partial charge is 0.481 e. The summed E-state index contributed by atoms with van der Waals surface area (Å²) < 4.78 is 5.26. The van der Waals surface area contributed by atoms with Crippen molar-refractivity contribution in [1.82, 2.24) is 0 Å². The van der Waals surface area contributed by atoms with E-state index in [1.54, 1.807) is 18.2 Å². The Morgan fingerprint density at radius 1 is 1.21 bits per heavy atom. The van der Waals surface area contributed by atoms with E-state index in [1.165, 1.54) is 6.92 Å². The molecule has 0 unspecified atom stereocenters. The number of fused-ring (bicyclic) bond motifs is 1. The average Bonchev–Trinajstić information content (AvgIpc) is 2.37. The van der Waals surface area contributed by atoms with Crippen molar-refractivity contribution in [2.75, 3.05) is 6.61 Å². The average molecular weight is 258 g/mol. The summed E-state index contributed by atoms with van der Waals surface area (Å²) in [4.78, 5) is 22.2. The Morgan fingerprint density at radius 2 is 1.95 bits per heavy atom. The first-order valence-electron chi connectivity index (χ1n) is 5.88. The van der Waals surface area contributed by atoms with E-state index in [1.807, 2.05) is 19.1 Å². The molecule has 0 saturated carbocycles. The van der Waals surface area contributed by atoms with Crippen molar-refractivity contribution in [1.29, 1.82) is 0 Å². The van der Waals surface area contributed by atoms with E-state index in [0.29, 0.717) is 11.3 Å². The predicted octanol–water partition coefficient (Wildman–Crippen LogP) is 2.81. The number of aliphatic carboxylic acids is 1. The maximum Gasteiger partial charge on any atom is 0.341 e. The number of ketones is 1. The smallest absolute Gasteiger partial charge is 0.341 e. The number of carbonyl (C=O) groups excluding carboxylic acids is 1. The minimum atomic E-state index is -1.03. The summed E-state index contributed by atoms with van der Waals surface area (Å²) in [6.07, 6.45) is 0. The van der Waals surface area contributed by atoms with Crippen molar-refractivity contribution in [2.45, 2.75) is 13.8 Å². The second-order valence-corrected chi connectivity index (χ2v) is 4.35. The maximum atomic E-state index is 11.7. The van der Waals surface area contributed by atoms with Crippen LogP contribution in [0.4, 0.5) is 0 Å². The molecule has 0 aliphatic rings. The van der Waals surface area contributed by atoms with E-state index in [2.05, 4.69) is 0 Å². The fourth-order valence-corrected chi connectivity index (χ4v) is 2.12.